The normalized spacial score (nSPS) is 11.1. The first-order valence-electron chi connectivity index (χ1n) is 9.77. The molecule has 31 heavy (non-hydrogen) atoms. The van der Waals surface area contributed by atoms with Crippen molar-refractivity contribution >= 4 is 28.1 Å². The second kappa shape index (κ2) is 8.93. The van der Waals surface area contributed by atoms with E-state index in [4.69, 9.17) is 5.41 Å². The molecule has 3 aromatic carbocycles. The van der Waals surface area contributed by atoms with Crippen molar-refractivity contribution < 1.29 is 9.90 Å². The number of carbonyl (C=O) groups is 1. The molecule has 0 fully saturated rings. The molecule has 4 aromatic rings. The molecule has 0 aliphatic carbocycles. The molecule has 0 atom stereocenters. The molecule has 0 aliphatic heterocycles. The number of nitrogens with zero attached hydrogens (tertiary/aromatic N) is 1. The van der Waals surface area contributed by atoms with Crippen molar-refractivity contribution in [1.82, 2.24) is 4.98 Å². The van der Waals surface area contributed by atoms with Gasteiger partial charge in [-0.05, 0) is 16.7 Å². The van der Waals surface area contributed by atoms with Crippen LogP contribution in [0.5, 0.6) is 0 Å². The van der Waals surface area contributed by atoms with E-state index >= 15 is 0 Å². The SMILES string of the molecule is N=C([O])C(=O)Cc1csc(NC(c2ccccc2)(c2ccccc2)c2ccccc2)n1. The Balaban J connectivity index is 1.84. The van der Waals surface area contributed by atoms with Crippen molar-refractivity contribution in [2.45, 2.75) is 12.0 Å². The van der Waals surface area contributed by atoms with Gasteiger partial charge in [0.25, 0.3) is 0 Å². The average Bonchev–Trinajstić information content (AvgIpc) is 3.25. The quantitative estimate of drug-likeness (QED) is 0.234. The van der Waals surface area contributed by atoms with Gasteiger partial charge in [-0.1, -0.05) is 91.0 Å². The molecule has 1 aromatic heterocycles. The number of thiazole rings is 1. The van der Waals surface area contributed by atoms with Gasteiger partial charge in [0.15, 0.2) is 5.13 Å². The zero-order chi connectivity index (χ0) is 21.7. The van der Waals surface area contributed by atoms with Crippen LogP contribution >= 0.6 is 11.3 Å². The summed E-state index contributed by atoms with van der Waals surface area (Å²) in [7, 11) is 0. The lowest BCUT2D eigenvalue weighted by Crippen LogP contribution is -2.38. The van der Waals surface area contributed by atoms with Crippen molar-refractivity contribution in [2.24, 2.45) is 0 Å². The number of nitrogens with one attached hydrogen (secondary N) is 2. The van der Waals surface area contributed by atoms with Gasteiger partial charge >= 0.3 is 5.90 Å². The third-order valence-corrected chi connectivity index (χ3v) is 5.87. The molecule has 0 unspecified atom stereocenters. The number of anilines is 1. The van der Waals surface area contributed by atoms with Crippen LogP contribution in [0.25, 0.3) is 0 Å². The Kier molecular flexibility index (Phi) is 5.91. The van der Waals surface area contributed by atoms with Crippen LogP contribution in [-0.2, 0) is 21.9 Å². The Labute approximate surface area is 184 Å². The molecule has 5 nitrogen and oxygen atoms in total. The van der Waals surface area contributed by atoms with Crippen LogP contribution in [0.2, 0.25) is 0 Å². The highest BCUT2D eigenvalue weighted by atomic mass is 32.1. The molecule has 0 bridgehead atoms. The molecular weight excluding hydrogens is 406 g/mol. The van der Waals surface area contributed by atoms with E-state index in [2.05, 4.69) is 46.7 Å². The van der Waals surface area contributed by atoms with E-state index in [-0.39, 0.29) is 6.42 Å². The van der Waals surface area contributed by atoms with Gasteiger partial charge in [-0.2, -0.15) is 0 Å². The highest BCUT2D eigenvalue weighted by molar-refractivity contribution is 7.13. The molecule has 0 saturated carbocycles. The van der Waals surface area contributed by atoms with Crippen LogP contribution in [0.15, 0.2) is 96.4 Å². The monoisotopic (exact) mass is 426 g/mol. The lowest BCUT2D eigenvalue weighted by Gasteiger charge is -2.36. The van der Waals surface area contributed by atoms with E-state index in [1.807, 2.05) is 54.6 Å². The van der Waals surface area contributed by atoms with Gasteiger partial charge in [0.1, 0.15) is 5.54 Å². The molecule has 0 saturated heterocycles. The Morgan fingerprint density at radius 1 is 0.839 bits per heavy atom. The zero-order valence-electron chi connectivity index (χ0n) is 16.6. The van der Waals surface area contributed by atoms with Crippen molar-refractivity contribution in [3.8, 4) is 0 Å². The Hall–Kier alpha value is -3.77. The summed E-state index contributed by atoms with van der Waals surface area (Å²) < 4.78 is 0. The molecule has 153 valence electrons. The molecule has 2 N–H and O–H groups in total. The van der Waals surface area contributed by atoms with E-state index in [0.29, 0.717) is 10.8 Å². The summed E-state index contributed by atoms with van der Waals surface area (Å²) in [5.74, 6) is -1.97. The van der Waals surface area contributed by atoms with Crippen LogP contribution in [0.1, 0.15) is 22.4 Å². The minimum atomic E-state index is -1.20. The maximum Gasteiger partial charge on any atom is 0.306 e. The Morgan fingerprint density at radius 2 is 1.29 bits per heavy atom. The molecule has 6 heteroatoms. The van der Waals surface area contributed by atoms with Crippen LogP contribution in [-0.4, -0.2) is 16.7 Å². The van der Waals surface area contributed by atoms with E-state index < -0.39 is 17.2 Å². The van der Waals surface area contributed by atoms with Gasteiger partial charge < -0.3 is 5.32 Å². The average molecular weight is 427 g/mol. The number of carbonyl (C=O) groups excluding carboxylic acids is 1. The maximum absolute atomic E-state index is 11.7. The summed E-state index contributed by atoms with van der Waals surface area (Å²) in [5, 5.41) is 24.0. The lowest BCUT2D eigenvalue weighted by molar-refractivity contribution is -0.113. The lowest BCUT2D eigenvalue weighted by atomic mass is 9.77. The zero-order valence-corrected chi connectivity index (χ0v) is 17.4. The summed E-state index contributed by atoms with van der Waals surface area (Å²) in [5.41, 5.74) is 2.89. The third-order valence-electron chi connectivity index (χ3n) is 5.06. The topological polar surface area (TPSA) is 85.7 Å². The maximum atomic E-state index is 11.7. The summed E-state index contributed by atoms with van der Waals surface area (Å²) in [6.07, 6.45) is -0.171. The largest absolute Gasteiger partial charge is 0.344 e. The van der Waals surface area contributed by atoms with Gasteiger partial charge in [-0.15, -0.1) is 11.3 Å². The van der Waals surface area contributed by atoms with Gasteiger partial charge in [-0.3, -0.25) is 15.3 Å². The first-order valence-corrected chi connectivity index (χ1v) is 10.7. The van der Waals surface area contributed by atoms with Crippen LogP contribution < -0.4 is 5.32 Å². The molecule has 1 radical (unpaired) electrons. The van der Waals surface area contributed by atoms with Crippen molar-refractivity contribution in [3.05, 3.63) is 119 Å². The summed E-state index contributed by atoms with van der Waals surface area (Å²) in [6.45, 7) is 0. The number of ketones is 1. The summed E-state index contributed by atoms with van der Waals surface area (Å²) in [4.78, 5) is 16.2. The van der Waals surface area contributed by atoms with Gasteiger partial charge in [0.2, 0.25) is 5.78 Å². The van der Waals surface area contributed by atoms with Crippen molar-refractivity contribution in [1.29, 1.82) is 5.41 Å². The minimum absolute atomic E-state index is 0.171. The Morgan fingerprint density at radius 3 is 1.71 bits per heavy atom. The van der Waals surface area contributed by atoms with Gasteiger partial charge in [-0.25, -0.2) is 4.98 Å². The fraction of sp³-hybridized carbons (Fsp3) is 0.0800. The fourth-order valence-corrected chi connectivity index (χ4v) is 4.40. The van der Waals surface area contributed by atoms with Gasteiger partial charge in [0.05, 0.1) is 12.1 Å². The van der Waals surface area contributed by atoms with Crippen molar-refractivity contribution in [3.63, 3.8) is 0 Å². The molecular formula is C25H20N3O2S. The third kappa shape index (κ3) is 4.25. The minimum Gasteiger partial charge on any atom is -0.344 e. The van der Waals surface area contributed by atoms with Gasteiger partial charge in [0, 0.05) is 5.38 Å². The molecule has 1 heterocycles. The molecule has 0 aliphatic rings. The highest BCUT2D eigenvalue weighted by Gasteiger charge is 2.37. The van der Waals surface area contributed by atoms with Crippen molar-refractivity contribution in [2.75, 3.05) is 5.32 Å². The van der Waals surface area contributed by atoms with E-state index in [1.165, 1.54) is 11.3 Å². The summed E-state index contributed by atoms with van der Waals surface area (Å²) >= 11 is 1.37. The number of aromatic nitrogens is 1. The number of rotatable bonds is 8. The highest BCUT2D eigenvalue weighted by Crippen LogP contribution is 2.40. The number of Topliss-reactive ketones (excluding diaryl/α,β-unsaturated/α-hetero) is 1. The van der Waals surface area contributed by atoms with E-state index in [9.17, 15) is 9.90 Å². The first-order chi connectivity index (χ1) is 15.1. The van der Waals surface area contributed by atoms with E-state index in [1.54, 1.807) is 5.38 Å². The standard InChI is InChI=1S/C25H20N3O2S/c26-23(30)22(29)16-21-17-31-24(27-21)28-25(18-10-4-1-5-11-18,19-12-6-2-7-13-19)20-14-8-3-9-15-20/h1-15,17,26H,16H2,(H,27,28). The Bertz CT molecular complexity index is 1080. The molecule has 0 spiro atoms. The predicted octanol–water partition coefficient (Wildman–Crippen LogP) is 5.07. The van der Waals surface area contributed by atoms with Crippen LogP contribution in [0, 0.1) is 5.41 Å². The first kappa shape index (κ1) is 20.5. The smallest absolute Gasteiger partial charge is 0.306 e. The molecule has 0 amide bonds. The van der Waals surface area contributed by atoms with Crippen LogP contribution in [0.3, 0.4) is 0 Å². The van der Waals surface area contributed by atoms with Crippen LogP contribution in [0.4, 0.5) is 5.13 Å². The molecule has 4 rings (SSSR count). The number of hydrogen-bond donors (Lipinski definition) is 2. The predicted molar refractivity (Wildman–Crippen MR) is 122 cm³/mol. The van der Waals surface area contributed by atoms with E-state index in [0.717, 1.165) is 16.7 Å². The summed E-state index contributed by atoms with van der Waals surface area (Å²) in [6, 6.07) is 30.4. The number of hydrogen-bond acceptors (Lipinski definition) is 5. The second-order valence-corrected chi connectivity index (χ2v) is 7.90. The fourth-order valence-electron chi connectivity index (χ4n) is 3.63. The number of benzene rings is 3. The second-order valence-electron chi connectivity index (χ2n) is 7.05.